The van der Waals surface area contributed by atoms with Crippen LogP contribution < -0.4 is 0 Å². The van der Waals surface area contributed by atoms with Crippen LogP contribution in [-0.4, -0.2) is 176 Å². The van der Waals surface area contributed by atoms with Gasteiger partial charge in [-0.2, -0.15) is 0 Å². The van der Waals surface area contributed by atoms with Crippen LogP contribution in [0.5, 0.6) is 0 Å². The fourth-order valence-corrected chi connectivity index (χ4v) is 14.5. The summed E-state index contributed by atoms with van der Waals surface area (Å²) < 4.78 is 49.6. The smallest absolute Gasteiger partial charge is 0.187 e. The zero-order valence-corrected chi connectivity index (χ0v) is 36.8. The Morgan fingerprint density at radius 1 is 0.613 bits per heavy atom. The minimum absolute atomic E-state index is 0.103. The monoisotopic (exact) mass is 886 g/mol. The van der Waals surface area contributed by atoms with Crippen LogP contribution in [-0.2, 0) is 37.9 Å². The van der Waals surface area contributed by atoms with Gasteiger partial charge < -0.3 is 83.9 Å². The van der Waals surface area contributed by atoms with Gasteiger partial charge in [-0.05, 0) is 111 Å². The molecule has 0 radical (unpaired) electrons. The normalized spacial score (nSPS) is 58.9. The van der Waals surface area contributed by atoms with E-state index in [1.54, 1.807) is 0 Å². The Morgan fingerprint density at radius 3 is 2.03 bits per heavy atom. The van der Waals surface area contributed by atoms with Gasteiger partial charge in [0, 0.05) is 12.3 Å². The number of ether oxygens (including phenoxy) is 8. The van der Waals surface area contributed by atoms with Crippen molar-refractivity contribution in [3.05, 3.63) is 0 Å². The summed E-state index contributed by atoms with van der Waals surface area (Å²) in [6, 6.07) is 0. The maximum Gasteiger partial charge on any atom is 0.187 e. The molecule has 4 aliphatic carbocycles. The van der Waals surface area contributed by atoms with Crippen molar-refractivity contribution in [2.24, 2.45) is 52.3 Å². The van der Waals surface area contributed by atoms with Crippen LogP contribution in [0.25, 0.3) is 0 Å². The summed E-state index contributed by atoms with van der Waals surface area (Å²) in [5.74, 6) is 3.18. The second-order valence-corrected chi connectivity index (χ2v) is 21.5. The minimum Gasteiger partial charge on any atom is -0.394 e. The Hall–Kier alpha value is -0.680. The number of aliphatic hydroxyl groups is 9. The molecule has 5 saturated heterocycles. The lowest BCUT2D eigenvalue weighted by Crippen LogP contribution is -2.65. The van der Waals surface area contributed by atoms with E-state index >= 15 is 0 Å². The van der Waals surface area contributed by atoms with Crippen molar-refractivity contribution < 1.29 is 83.9 Å². The summed E-state index contributed by atoms with van der Waals surface area (Å²) in [6.07, 6.45) is -12.1. The molecule has 0 aromatic carbocycles. The van der Waals surface area contributed by atoms with Crippen LogP contribution in [0.1, 0.15) is 98.8 Å². The van der Waals surface area contributed by atoms with Crippen LogP contribution >= 0.6 is 0 Å². The van der Waals surface area contributed by atoms with Gasteiger partial charge >= 0.3 is 0 Å². The molecule has 0 aromatic heterocycles. The summed E-state index contributed by atoms with van der Waals surface area (Å²) in [7, 11) is 0. The summed E-state index contributed by atoms with van der Waals surface area (Å²) in [5.41, 5.74) is 0.320. The molecule has 1 unspecified atom stereocenters. The van der Waals surface area contributed by atoms with Crippen LogP contribution in [0.4, 0.5) is 0 Å². The second kappa shape index (κ2) is 17.4. The van der Waals surface area contributed by atoms with Crippen molar-refractivity contribution in [1.29, 1.82) is 0 Å². The molecule has 1 spiro atoms. The molecule has 0 bridgehead atoms. The zero-order chi connectivity index (χ0) is 44.2. The highest BCUT2D eigenvalue weighted by atomic mass is 16.8. The molecule has 356 valence electrons. The molecule has 17 nitrogen and oxygen atoms in total. The van der Waals surface area contributed by atoms with Gasteiger partial charge in [-0.3, -0.25) is 0 Å². The third-order valence-corrected chi connectivity index (χ3v) is 18.2. The lowest BCUT2D eigenvalue weighted by molar-refractivity contribution is -0.376. The SMILES string of the molecule is CC1CC[C@@]2(OC1)O[C@H]1C[C@H]3[C@@H]4CC[C@H]5C[C@@H](O[C@@H]6O[C@H](CO[C@@H]7O[C@H](CO)[C@@H](O)[C@H](O)[C@H]7O)[C@@H](O)[C@H](O)[C@H]6O[C@@H]6O[C@@H](C)[C@H](O)[C@@H](O)[C@H]6O)CC[C@]5(C)[C@H]4CC[C@]3(C)[C@H]1[C@@H]2C. The van der Waals surface area contributed by atoms with Crippen LogP contribution in [0, 0.1) is 52.3 Å². The molecule has 27 atom stereocenters. The van der Waals surface area contributed by atoms with E-state index in [0.29, 0.717) is 47.8 Å². The predicted octanol–water partition coefficient (Wildman–Crippen LogP) is 0.294. The lowest BCUT2D eigenvalue weighted by Gasteiger charge is -2.61. The van der Waals surface area contributed by atoms with Crippen molar-refractivity contribution in [2.45, 2.75) is 209 Å². The largest absolute Gasteiger partial charge is 0.394 e. The zero-order valence-electron chi connectivity index (χ0n) is 36.8. The van der Waals surface area contributed by atoms with E-state index in [-0.39, 0.29) is 23.0 Å². The van der Waals surface area contributed by atoms with Gasteiger partial charge in [0.15, 0.2) is 24.7 Å². The minimum atomic E-state index is -1.70. The summed E-state index contributed by atoms with van der Waals surface area (Å²) in [5, 5.41) is 95.4. The molecular weight excluding hydrogens is 812 g/mol. The van der Waals surface area contributed by atoms with Crippen LogP contribution in [0.15, 0.2) is 0 Å². The molecular formula is C45H74O17. The van der Waals surface area contributed by atoms with E-state index in [9.17, 15) is 46.0 Å². The van der Waals surface area contributed by atoms with Crippen molar-refractivity contribution in [3.63, 3.8) is 0 Å². The fourth-order valence-electron chi connectivity index (χ4n) is 14.5. The van der Waals surface area contributed by atoms with Gasteiger partial charge in [0.05, 0.1) is 38.1 Å². The Bertz CT molecular complexity index is 1550. The quantitative estimate of drug-likeness (QED) is 0.149. The van der Waals surface area contributed by atoms with Crippen molar-refractivity contribution in [3.8, 4) is 0 Å². The molecule has 9 N–H and O–H groups in total. The molecule has 62 heavy (non-hydrogen) atoms. The van der Waals surface area contributed by atoms with E-state index < -0.39 is 111 Å². The van der Waals surface area contributed by atoms with Gasteiger partial charge in [-0.25, -0.2) is 0 Å². The first-order valence-electron chi connectivity index (χ1n) is 23.7. The average Bonchev–Trinajstić information content (AvgIpc) is 3.70. The molecule has 9 rings (SSSR count). The number of aliphatic hydroxyl groups excluding tert-OH is 9. The van der Waals surface area contributed by atoms with Gasteiger partial charge in [0.25, 0.3) is 0 Å². The van der Waals surface area contributed by atoms with E-state index in [4.69, 9.17) is 37.9 Å². The Balaban J connectivity index is 0.885. The van der Waals surface area contributed by atoms with Gasteiger partial charge in [0.1, 0.15) is 67.1 Å². The van der Waals surface area contributed by atoms with E-state index in [1.165, 1.54) is 19.8 Å². The second-order valence-electron chi connectivity index (χ2n) is 21.5. The highest BCUT2D eigenvalue weighted by molar-refractivity contribution is 5.15. The van der Waals surface area contributed by atoms with Crippen molar-refractivity contribution in [2.75, 3.05) is 19.8 Å². The molecule has 9 fully saturated rings. The third-order valence-electron chi connectivity index (χ3n) is 18.2. The molecule has 4 saturated carbocycles. The standard InChI is InChI=1S/C45H74O17/c1-19-8-13-45(56-17-19)20(2)30-27(62-45)15-26-24-7-6-22-14-23(9-11-43(22,4)25(24)10-12-44(26,30)5)58-42-39(61-41-38(54)34(50)31(47)21(3)57-41)36(52)33(49)29(60-42)18-55-40-37(53)35(51)32(48)28(16-46)59-40/h19-42,46-54H,6-18H2,1-5H3/t19?,20-,21-,22-,23-,24+,25-,26-,27-,28+,29+,30-,31-,32+,33+,34+,35-,36-,37+,38+,39+,40+,41-,42+,43-,44-,45+/m0/s1. The summed E-state index contributed by atoms with van der Waals surface area (Å²) >= 11 is 0. The number of hydrogen-bond donors (Lipinski definition) is 9. The molecule has 17 heteroatoms. The third kappa shape index (κ3) is 7.66. The first kappa shape index (κ1) is 46.4. The maximum absolute atomic E-state index is 11.6. The highest BCUT2D eigenvalue weighted by Crippen LogP contribution is 2.71. The molecule has 0 aromatic rings. The van der Waals surface area contributed by atoms with E-state index in [2.05, 4.69) is 27.7 Å². The Labute approximate surface area is 364 Å². The van der Waals surface area contributed by atoms with Crippen molar-refractivity contribution in [1.82, 2.24) is 0 Å². The molecule has 5 heterocycles. The van der Waals surface area contributed by atoms with E-state index in [1.807, 2.05) is 0 Å². The topological polar surface area (TPSA) is 256 Å². The molecule has 5 aliphatic heterocycles. The number of hydrogen-bond acceptors (Lipinski definition) is 17. The average molecular weight is 887 g/mol. The van der Waals surface area contributed by atoms with Gasteiger partial charge in [0.2, 0.25) is 0 Å². The van der Waals surface area contributed by atoms with Gasteiger partial charge in [-0.15, -0.1) is 0 Å². The fraction of sp³-hybridized carbons (Fsp3) is 1.00. The predicted molar refractivity (Wildman–Crippen MR) is 214 cm³/mol. The van der Waals surface area contributed by atoms with Gasteiger partial charge in [-0.1, -0.05) is 27.7 Å². The Kier molecular flexibility index (Phi) is 13.1. The summed E-state index contributed by atoms with van der Waals surface area (Å²) in [6.45, 7) is 10.8. The highest BCUT2D eigenvalue weighted by Gasteiger charge is 2.69. The molecule has 9 aliphatic rings. The van der Waals surface area contributed by atoms with Crippen molar-refractivity contribution >= 4 is 0 Å². The van der Waals surface area contributed by atoms with Crippen LogP contribution in [0.3, 0.4) is 0 Å². The maximum atomic E-state index is 11.6. The Morgan fingerprint density at radius 2 is 1.31 bits per heavy atom. The number of rotatable bonds is 8. The molecule has 0 amide bonds. The number of fused-ring (bicyclic) bond motifs is 7. The van der Waals surface area contributed by atoms with E-state index in [0.717, 1.165) is 51.6 Å². The first-order valence-corrected chi connectivity index (χ1v) is 23.7. The van der Waals surface area contributed by atoms with Crippen LogP contribution in [0.2, 0.25) is 0 Å². The summed E-state index contributed by atoms with van der Waals surface area (Å²) in [4.78, 5) is 0. The lowest BCUT2D eigenvalue weighted by atomic mass is 9.44. The first-order chi connectivity index (χ1) is 29.4.